The highest BCUT2D eigenvalue weighted by molar-refractivity contribution is 7.99. The number of alkyl halides is 3. The lowest BCUT2D eigenvalue weighted by atomic mass is 9.97. The van der Waals surface area contributed by atoms with Gasteiger partial charge in [-0.05, 0) is 16.9 Å². The molecule has 0 bridgehead atoms. The molecule has 1 aliphatic heterocycles. The number of hydrogen-bond donors (Lipinski definition) is 1. The van der Waals surface area contributed by atoms with E-state index in [1.54, 1.807) is 0 Å². The van der Waals surface area contributed by atoms with Crippen LogP contribution in [0.4, 0.5) is 0 Å². The Balaban J connectivity index is 1.88. The molecule has 11 heteroatoms. The zero-order chi connectivity index (χ0) is 26.8. The summed E-state index contributed by atoms with van der Waals surface area (Å²) in [4.78, 5) is 24.8. The third-order valence-corrected chi connectivity index (χ3v) is 7.09. The average Bonchev–Trinajstić information content (AvgIpc) is 2.86. The Morgan fingerprint density at radius 1 is 0.973 bits per heavy atom. The van der Waals surface area contributed by atoms with E-state index in [-0.39, 0.29) is 13.2 Å². The van der Waals surface area contributed by atoms with Crippen LogP contribution in [0.1, 0.15) is 25.0 Å². The average molecular weight is 591 g/mol. The predicted octanol–water partition coefficient (Wildman–Crippen LogP) is 5.05. The largest absolute Gasteiger partial charge is 0.457 e. The molecule has 1 aliphatic rings. The van der Waals surface area contributed by atoms with Gasteiger partial charge in [-0.1, -0.05) is 102 Å². The molecule has 0 aliphatic carbocycles. The van der Waals surface area contributed by atoms with Crippen molar-refractivity contribution < 1.29 is 28.5 Å². The Bertz CT molecular complexity index is 995. The molecule has 7 nitrogen and oxygen atoms in total. The molecule has 2 aromatic carbocycles. The second-order valence-corrected chi connectivity index (χ2v) is 12.0. The highest BCUT2D eigenvalue weighted by Crippen LogP contribution is 2.34. The van der Waals surface area contributed by atoms with Crippen LogP contribution in [-0.2, 0) is 41.8 Å². The summed E-state index contributed by atoms with van der Waals surface area (Å²) in [6.45, 7) is 3.94. The van der Waals surface area contributed by atoms with Gasteiger partial charge in [-0.3, -0.25) is 9.59 Å². The van der Waals surface area contributed by atoms with E-state index in [4.69, 9.17) is 53.8 Å². The third-order valence-electron chi connectivity index (χ3n) is 5.51. The fourth-order valence-corrected chi connectivity index (χ4v) is 5.04. The standard InChI is InChI=1S/C26H30Cl3NO6S/c1-3-37-24-21(30-25(32)26(27,28)29)23(34-15-19-12-8-5-9-13-19)22(35-17(2)31)20(36-24)16-33-14-18-10-6-4-7-11-18/h4-13,20-24H,3,14-16H2,1-2H3,(H,30,32)/t20-,21-,22-,23-,24+/m1/s1. The van der Waals surface area contributed by atoms with Crippen molar-refractivity contribution in [3.8, 4) is 0 Å². The predicted molar refractivity (Wildman–Crippen MR) is 146 cm³/mol. The quantitative estimate of drug-likeness (QED) is 0.290. The van der Waals surface area contributed by atoms with Gasteiger partial charge in [0.1, 0.15) is 17.6 Å². The first-order valence-electron chi connectivity index (χ1n) is 11.8. The molecule has 1 fully saturated rings. The van der Waals surface area contributed by atoms with Gasteiger partial charge in [0.2, 0.25) is 0 Å². The SMILES string of the molecule is CCS[C@@H]1O[C@H](COCc2ccccc2)[C@@H](OC(C)=O)[C@H](OCc2ccccc2)[C@H]1NC(=O)C(Cl)(Cl)Cl. The number of amides is 1. The van der Waals surface area contributed by atoms with Crippen LogP contribution in [0.15, 0.2) is 60.7 Å². The van der Waals surface area contributed by atoms with Crippen molar-refractivity contribution in [3.05, 3.63) is 71.8 Å². The van der Waals surface area contributed by atoms with Crippen LogP contribution in [0, 0.1) is 0 Å². The lowest BCUT2D eigenvalue weighted by Crippen LogP contribution is -2.66. The minimum absolute atomic E-state index is 0.129. The number of halogens is 3. The zero-order valence-corrected chi connectivity index (χ0v) is 23.6. The van der Waals surface area contributed by atoms with E-state index in [2.05, 4.69) is 5.32 Å². The topological polar surface area (TPSA) is 83.1 Å². The molecule has 5 atom stereocenters. The van der Waals surface area contributed by atoms with E-state index in [1.807, 2.05) is 67.6 Å². The van der Waals surface area contributed by atoms with Crippen LogP contribution in [0.3, 0.4) is 0 Å². The van der Waals surface area contributed by atoms with Gasteiger partial charge in [0.25, 0.3) is 9.70 Å². The second kappa shape index (κ2) is 14.6. The lowest BCUT2D eigenvalue weighted by molar-refractivity contribution is -0.213. The number of hydrogen-bond acceptors (Lipinski definition) is 7. The van der Waals surface area contributed by atoms with Crippen molar-refractivity contribution >= 4 is 58.4 Å². The molecular formula is C26H30Cl3NO6S. The van der Waals surface area contributed by atoms with E-state index < -0.39 is 45.5 Å². The van der Waals surface area contributed by atoms with Gasteiger partial charge in [0.05, 0.1) is 25.9 Å². The van der Waals surface area contributed by atoms with Crippen molar-refractivity contribution in [1.82, 2.24) is 5.32 Å². The van der Waals surface area contributed by atoms with E-state index in [1.165, 1.54) is 18.7 Å². The highest BCUT2D eigenvalue weighted by Gasteiger charge is 2.50. The van der Waals surface area contributed by atoms with Gasteiger partial charge in [-0.2, -0.15) is 0 Å². The van der Waals surface area contributed by atoms with E-state index in [0.29, 0.717) is 12.4 Å². The summed E-state index contributed by atoms with van der Waals surface area (Å²) in [5.74, 6) is -0.684. The minimum atomic E-state index is -2.20. The van der Waals surface area contributed by atoms with Gasteiger partial charge in [-0.15, -0.1) is 11.8 Å². The fraction of sp³-hybridized carbons (Fsp3) is 0.462. The summed E-state index contributed by atoms with van der Waals surface area (Å²) in [7, 11) is 0. The Morgan fingerprint density at radius 2 is 1.57 bits per heavy atom. The van der Waals surface area contributed by atoms with Crippen molar-refractivity contribution in [3.63, 3.8) is 0 Å². The van der Waals surface area contributed by atoms with E-state index in [9.17, 15) is 9.59 Å². The van der Waals surface area contributed by atoms with Gasteiger partial charge < -0.3 is 24.3 Å². The molecule has 2 aromatic rings. The van der Waals surface area contributed by atoms with Gasteiger partial charge in [0, 0.05) is 6.92 Å². The van der Waals surface area contributed by atoms with Gasteiger partial charge in [0.15, 0.2) is 6.10 Å². The molecule has 3 rings (SSSR count). The molecule has 202 valence electrons. The maximum atomic E-state index is 12.7. The Kier molecular flexibility index (Phi) is 11.8. The number of thioether (sulfide) groups is 1. The third kappa shape index (κ3) is 9.32. The second-order valence-electron chi connectivity index (χ2n) is 8.33. The first-order valence-corrected chi connectivity index (χ1v) is 14.0. The van der Waals surface area contributed by atoms with Gasteiger partial charge >= 0.3 is 5.97 Å². The van der Waals surface area contributed by atoms with Gasteiger partial charge in [-0.25, -0.2) is 0 Å². The zero-order valence-electron chi connectivity index (χ0n) is 20.5. The molecule has 0 radical (unpaired) electrons. The summed E-state index contributed by atoms with van der Waals surface area (Å²) in [6.07, 6.45) is -2.38. The molecular weight excluding hydrogens is 561 g/mol. The molecule has 1 amide bonds. The summed E-state index contributed by atoms with van der Waals surface area (Å²) in [5.41, 5.74) is 1.31. The van der Waals surface area contributed by atoms with Crippen molar-refractivity contribution in [2.24, 2.45) is 0 Å². The van der Waals surface area contributed by atoms with Crippen molar-refractivity contribution in [1.29, 1.82) is 0 Å². The van der Waals surface area contributed by atoms with Crippen LogP contribution in [-0.4, -0.2) is 57.8 Å². The Hall–Kier alpha value is -1.52. The number of rotatable bonds is 11. The Morgan fingerprint density at radius 3 is 2.11 bits per heavy atom. The molecule has 1 saturated heterocycles. The maximum Gasteiger partial charge on any atom is 0.303 e. The monoisotopic (exact) mass is 589 g/mol. The summed E-state index contributed by atoms with van der Waals surface area (Å²) in [6, 6.07) is 18.4. The highest BCUT2D eigenvalue weighted by atomic mass is 35.6. The van der Waals surface area contributed by atoms with Crippen LogP contribution < -0.4 is 5.32 Å². The molecule has 0 saturated carbocycles. The first kappa shape index (κ1) is 30.0. The molecule has 0 aromatic heterocycles. The smallest absolute Gasteiger partial charge is 0.303 e. The summed E-state index contributed by atoms with van der Waals surface area (Å²) in [5, 5.41) is 2.75. The number of benzene rings is 2. The normalized spacial score (nSPS) is 23.9. The molecule has 0 spiro atoms. The van der Waals surface area contributed by atoms with E-state index >= 15 is 0 Å². The number of carbonyl (C=O) groups is 2. The van der Waals surface area contributed by atoms with E-state index in [0.717, 1.165) is 11.1 Å². The minimum Gasteiger partial charge on any atom is -0.457 e. The van der Waals surface area contributed by atoms with Crippen LogP contribution in [0.25, 0.3) is 0 Å². The Labute approximate surface area is 236 Å². The summed E-state index contributed by atoms with van der Waals surface area (Å²) >= 11 is 19.0. The lowest BCUT2D eigenvalue weighted by Gasteiger charge is -2.46. The number of nitrogens with one attached hydrogen (secondary N) is 1. The van der Waals surface area contributed by atoms with Crippen LogP contribution in [0.2, 0.25) is 0 Å². The van der Waals surface area contributed by atoms with Crippen LogP contribution >= 0.6 is 46.6 Å². The van der Waals surface area contributed by atoms with Crippen molar-refractivity contribution in [2.75, 3.05) is 12.4 Å². The van der Waals surface area contributed by atoms with Crippen molar-refractivity contribution in [2.45, 2.75) is 60.6 Å². The number of ether oxygens (including phenoxy) is 4. The maximum absolute atomic E-state index is 12.7. The number of esters is 1. The molecule has 37 heavy (non-hydrogen) atoms. The molecule has 1 N–H and O–H groups in total. The van der Waals surface area contributed by atoms with Crippen LogP contribution in [0.5, 0.6) is 0 Å². The molecule has 0 unspecified atom stereocenters. The number of carbonyl (C=O) groups excluding carboxylic acids is 2. The first-order chi connectivity index (χ1) is 17.7. The fourth-order valence-electron chi connectivity index (χ4n) is 3.90. The molecule has 1 heterocycles. The summed E-state index contributed by atoms with van der Waals surface area (Å²) < 4.78 is 22.1.